The zero-order valence-electron chi connectivity index (χ0n) is 10.7. The maximum absolute atomic E-state index is 9.58. The molecule has 0 amide bonds. The highest BCUT2D eigenvalue weighted by Gasteiger charge is 2.46. The zero-order valence-corrected chi connectivity index (χ0v) is 10.7. The third kappa shape index (κ3) is 3.44. The van der Waals surface area contributed by atoms with Crippen molar-refractivity contribution in [1.29, 1.82) is 0 Å². The lowest BCUT2D eigenvalue weighted by atomic mass is 9.64. The first kappa shape index (κ1) is 12.9. The second-order valence-corrected chi connectivity index (χ2v) is 6.26. The average molecular weight is 214 g/mol. The van der Waals surface area contributed by atoms with E-state index in [0.717, 1.165) is 19.5 Å². The van der Waals surface area contributed by atoms with Gasteiger partial charge in [0.15, 0.2) is 0 Å². The van der Waals surface area contributed by atoms with Crippen molar-refractivity contribution in [2.24, 2.45) is 5.41 Å². The lowest BCUT2D eigenvalue weighted by Gasteiger charge is -2.49. The highest BCUT2D eigenvalue weighted by molar-refractivity contribution is 5.01. The minimum absolute atomic E-state index is 0.0434. The van der Waals surface area contributed by atoms with Crippen LogP contribution in [0, 0.1) is 5.41 Å². The number of aliphatic hydroxyl groups excluding tert-OH is 1. The summed E-state index contributed by atoms with van der Waals surface area (Å²) >= 11 is 0. The van der Waals surface area contributed by atoms with Crippen LogP contribution in [0.1, 0.15) is 41.0 Å². The first-order chi connectivity index (χ1) is 6.73. The van der Waals surface area contributed by atoms with Crippen LogP contribution < -0.4 is 10.6 Å². The van der Waals surface area contributed by atoms with E-state index in [2.05, 4.69) is 45.3 Å². The van der Waals surface area contributed by atoms with Gasteiger partial charge in [-0.1, -0.05) is 13.8 Å². The van der Waals surface area contributed by atoms with Crippen LogP contribution in [0.15, 0.2) is 0 Å². The SMILES string of the molecule is CC(C)(C)NCCNC1CC(O)C1(C)C. The summed E-state index contributed by atoms with van der Waals surface area (Å²) in [4.78, 5) is 0. The van der Waals surface area contributed by atoms with Gasteiger partial charge in [0.25, 0.3) is 0 Å². The summed E-state index contributed by atoms with van der Waals surface area (Å²) in [6.07, 6.45) is 0.758. The number of rotatable bonds is 4. The molecule has 3 heteroatoms. The van der Waals surface area contributed by atoms with E-state index in [1.54, 1.807) is 0 Å². The van der Waals surface area contributed by atoms with Crippen molar-refractivity contribution in [2.75, 3.05) is 13.1 Å². The van der Waals surface area contributed by atoms with E-state index in [1.165, 1.54) is 0 Å². The number of hydrogen-bond donors (Lipinski definition) is 3. The van der Waals surface area contributed by atoms with Gasteiger partial charge in [0.2, 0.25) is 0 Å². The Morgan fingerprint density at radius 2 is 1.87 bits per heavy atom. The molecule has 1 aliphatic carbocycles. The van der Waals surface area contributed by atoms with E-state index in [4.69, 9.17) is 0 Å². The fraction of sp³-hybridized carbons (Fsp3) is 1.00. The molecule has 0 bridgehead atoms. The molecule has 1 aliphatic rings. The molecule has 0 radical (unpaired) electrons. The van der Waals surface area contributed by atoms with E-state index in [0.29, 0.717) is 6.04 Å². The minimum Gasteiger partial charge on any atom is -0.392 e. The highest BCUT2D eigenvalue weighted by atomic mass is 16.3. The van der Waals surface area contributed by atoms with Crippen molar-refractivity contribution < 1.29 is 5.11 Å². The first-order valence-corrected chi connectivity index (χ1v) is 5.90. The van der Waals surface area contributed by atoms with Crippen LogP contribution in [0.5, 0.6) is 0 Å². The third-order valence-corrected chi connectivity index (χ3v) is 3.39. The molecule has 15 heavy (non-hydrogen) atoms. The van der Waals surface area contributed by atoms with Gasteiger partial charge in [-0.3, -0.25) is 0 Å². The average Bonchev–Trinajstić information content (AvgIpc) is 2.08. The highest BCUT2D eigenvalue weighted by Crippen LogP contribution is 2.40. The molecule has 0 saturated heterocycles. The molecule has 2 unspecified atom stereocenters. The van der Waals surface area contributed by atoms with Gasteiger partial charge in [-0.15, -0.1) is 0 Å². The van der Waals surface area contributed by atoms with Crippen molar-refractivity contribution in [3.05, 3.63) is 0 Å². The molecule has 1 rings (SSSR count). The zero-order chi connectivity index (χ0) is 11.7. The van der Waals surface area contributed by atoms with Crippen molar-refractivity contribution in [3.63, 3.8) is 0 Å². The van der Waals surface area contributed by atoms with Gasteiger partial charge in [0, 0.05) is 30.1 Å². The van der Waals surface area contributed by atoms with Crippen molar-refractivity contribution in [2.45, 2.75) is 58.7 Å². The Morgan fingerprint density at radius 3 is 2.27 bits per heavy atom. The maximum Gasteiger partial charge on any atom is 0.0621 e. The molecule has 1 saturated carbocycles. The van der Waals surface area contributed by atoms with Crippen LogP contribution in [0.3, 0.4) is 0 Å². The molecule has 0 aliphatic heterocycles. The minimum atomic E-state index is -0.134. The van der Waals surface area contributed by atoms with Crippen molar-refractivity contribution in [3.8, 4) is 0 Å². The molecule has 0 spiro atoms. The van der Waals surface area contributed by atoms with Crippen LogP contribution >= 0.6 is 0 Å². The Balaban J connectivity index is 2.12. The van der Waals surface area contributed by atoms with Gasteiger partial charge in [-0.2, -0.15) is 0 Å². The molecular formula is C12H26N2O. The molecule has 0 aromatic carbocycles. The summed E-state index contributed by atoms with van der Waals surface area (Å²) in [6, 6.07) is 0.467. The molecule has 3 N–H and O–H groups in total. The van der Waals surface area contributed by atoms with Gasteiger partial charge in [-0.25, -0.2) is 0 Å². The quantitative estimate of drug-likeness (QED) is 0.615. The number of hydrogen-bond acceptors (Lipinski definition) is 3. The Bertz CT molecular complexity index is 208. The molecule has 1 fully saturated rings. The predicted molar refractivity (Wildman–Crippen MR) is 64.0 cm³/mol. The first-order valence-electron chi connectivity index (χ1n) is 5.90. The van der Waals surface area contributed by atoms with Gasteiger partial charge in [0.05, 0.1) is 6.10 Å². The monoisotopic (exact) mass is 214 g/mol. The fourth-order valence-electron chi connectivity index (χ4n) is 1.93. The molecule has 3 nitrogen and oxygen atoms in total. The standard InChI is InChI=1S/C12H26N2O/c1-11(2,3)14-7-6-13-9-8-10(15)12(9,4)5/h9-10,13-15H,6-8H2,1-5H3. The molecule has 0 aromatic rings. The largest absolute Gasteiger partial charge is 0.392 e. The lowest BCUT2D eigenvalue weighted by Crippen LogP contribution is -2.60. The Kier molecular flexibility index (Phi) is 3.80. The lowest BCUT2D eigenvalue weighted by molar-refractivity contribution is -0.0721. The maximum atomic E-state index is 9.58. The number of nitrogens with one attached hydrogen (secondary N) is 2. The van der Waals surface area contributed by atoms with E-state index in [-0.39, 0.29) is 17.1 Å². The molecule has 0 heterocycles. The molecular weight excluding hydrogens is 188 g/mol. The van der Waals surface area contributed by atoms with Crippen molar-refractivity contribution >= 4 is 0 Å². The van der Waals surface area contributed by atoms with E-state index >= 15 is 0 Å². The smallest absolute Gasteiger partial charge is 0.0621 e. The second-order valence-electron chi connectivity index (χ2n) is 6.26. The van der Waals surface area contributed by atoms with E-state index < -0.39 is 0 Å². The van der Waals surface area contributed by atoms with Crippen LogP contribution in [0.2, 0.25) is 0 Å². The summed E-state index contributed by atoms with van der Waals surface area (Å²) in [5.41, 5.74) is 0.234. The normalized spacial score (nSPS) is 30.0. The summed E-state index contributed by atoms with van der Waals surface area (Å²) < 4.78 is 0. The van der Waals surface area contributed by atoms with Crippen LogP contribution in [-0.2, 0) is 0 Å². The molecule has 2 atom stereocenters. The third-order valence-electron chi connectivity index (χ3n) is 3.39. The summed E-state index contributed by atoms with van der Waals surface area (Å²) in [5, 5.41) is 16.5. The predicted octanol–water partition coefficient (Wildman–Crippen LogP) is 1.12. The summed E-state index contributed by atoms with van der Waals surface area (Å²) in [6.45, 7) is 12.7. The van der Waals surface area contributed by atoms with Gasteiger partial charge in [0.1, 0.15) is 0 Å². The van der Waals surface area contributed by atoms with Gasteiger partial charge >= 0.3 is 0 Å². The van der Waals surface area contributed by atoms with Gasteiger partial charge in [-0.05, 0) is 27.2 Å². The molecule has 0 aromatic heterocycles. The molecule has 90 valence electrons. The Hall–Kier alpha value is -0.120. The second kappa shape index (κ2) is 4.40. The number of aliphatic hydroxyl groups is 1. The van der Waals surface area contributed by atoms with E-state index in [9.17, 15) is 5.11 Å². The van der Waals surface area contributed by atoms with E-state index in [1.807, 2.05) is 0 Å². The van der Waals surface area contributed by atoms with Crippen LogP contribution in [0.25, 0.3) is 0 Å². The van der Waals surface area contributed by atoms with Crippen molar-refractivity contribution in [1.82, 2.24) is 10.6 Å². The van der Waals surface area contributed by atoms with Crippen LogP contribution in [-0.4, -0.2) is 35.9 Å². The summed E-state index contributed by atoms with van der Waals surface area (Å²) in [5.74, 6) is 0. The Morgan fingerprint density at radius 1 is 1.27 bits per heavy atom. The van der Waals surface area contributed by atoms with Gasteiger partial charge < -0.3 is 15.7 Å². The topological polar surface area (TPSA) is 44.3 Å². The Labute approximate surface area is 93.6 Å². The fourth-order valence-corrected chi connectivity index (χ4v) is 1.93. The van der Waals surface area contributed by atoms with Crippen LogP contribution in [0.4, 0.5) is 0 Å². The summed E-state index contributed by atoms with van der Waals surface area (Å²) in [7, 11) is 0.